The summed E-state index contributed by atoms with van der Waals surface area (Å²) in [5, 5.41) is 5.38. The lowest BCUT2D eigenvalue weighted by molar-refractivity contribution is -0.144. The minimum Gasteiger partial charge on any atom is -0.466 e. The Morgan fingerprint density at radius 3 is 2.49 bits per heavy atom. The normalized spacial score (nSPS) is 18.1. The van der Waals surface area contributed by atoms with E-state index >= 15 is 0 Å². The van der Waals surface area contributed by atoms with E-state index in [4.69, 9.17) is 9.47 Å². The van der Waals surface area contributed by atoms with Crippen molar-refractivity contribution in [1.82, 2.24) is 15.5 Å². The Morgan fingerprint density at radius 1 is 1.27 bits per heavy atom. The Labute approximate surface area is 224 Å². The number of nitrogens with zero attached hydrogens (tertiary/aromatic N) is 1. The van der Waals surface area contributed by atoms with E-state index in [0.29, 0.717) is 12.0 Å². The molecule has 37 heavy (non-hydrogen) atoms. The van der Waals surface area contributed by atoms with Gasteiger partial charge in [0.1, 0.15) is 17.7 Å². The van der Waals surface area contributed by atoms with Gasteiger partial charge in [-0.3, -0.25) is 14.4 Å². The first kappa shape index (κ1) is 30.2. The van der Waals surface area contributed by atoms with Crippen molar-refractivity contribution in [1.29, 1.82) is 0 Å². The minimum absolute atomic E-state index is 0.00619. The first-order valence-electron chi connectivity index (χ1n) is 12.5. The molecule has 4 atom stereocenters. The molecule has 3 amide bonds. The van der Waals surface area contributed by atoms with Crippen LogP contribution in [0.3, 0.4) is 0 Å². The third kappa shape index (κ3) is 9.10. The number of hydrogen-bond donors (Lipinski definition) is 3. The summed E-state index contributed by atoms with van der Waals surface area (Å²) >= 11 is 4.30. The number of nitrogens with one attached hydrogen (secondary N) is 2. The fourth-order valence-electron chi connectivity index (χ4n) is 3.90. The highest BCUT2D eigenvalue weighted by atomic mass is 32.1. The van der Waals surface area contributed by atoms with E-state index in [9.17, 15) is 19.2 Å². The Bertz CT molecular complexity index is 993. The van der Waals surface area contributed by atoms with Gasteiger partial charge in [0, 0.05) is 18.3 Å². The largest absolute Gasteiger partial charge is 0.466 e. The van der Waals surface area contributed by atoms with Crippen LogP contribution in [0.4, 0.5) is 4.79 Å². The Kier molecular flexibility index (Phi) is 11.0. The van der Waals surface area contributed by atoms with Crippen molar-refractivity contribution >= 4 is 42.6 Å². The summed E-state index contributed by atoms with van der Waals surface area (Å²) in [7, 11) is 0. The molecular formula is C27H39N3O6S. The number of benzene rings is 1. The van der Waals surface area contributed by atoms with Crippen LogP contribution < -0.4 is 10.6 Å². The van der Waals surface area contributed by atoms with Crippen molar-refractivity contribution in [2.24, 2.45) is 5.92 Å². The number of hydrogen-bond acceptors (Lipinski definition) is 7. The van der Waals surface area contributed by atoms with Crippen LogP contribution in [0, 0.1) is 5.92 Å². The van der Waals surface area contributed by atoms with Crippen molar-refractivity contribution in [3.8, 4) is 0 Å². The van der Waals surface area contributed by atoms with Gasteiger partial charge >= 0.3 is 12.1 Å². The second kappa shape index (κ2) is 13.5. The van der Waals surface area contributed by atoms with E-state index in [1.54, 1.807) is 52.0 Å². The van der Waals surface area contributed by atoms with Crippen LogP contribution >= 0.6 is 12.6 Å². The van der Waals surface area contributed by atoms with Gasteiger partial charge in [-0.15, -0.1) is 0 Å². The minimum atomic E-state index is -1.01. The molecule has 0 radical (unpaired) electrons. The van der Waals surface area contributed by atoms with Crippen molar-refractivity contribution in [2.45, 2.75) is 71.2 Å². The summed E-state index contributed by atoms with van der Waals surface area (Å²) in [6.07, 6.45) is 1.64. The lowest BCUT2D eigenvalue weighted by Crippen LogP contribution is -2.54. The number of amides is 3. The molecule has 204 valence electrons. The highest BCUT2D eigenvalue weighted by molar-refractivity contribution is 7.80. The molecule has 0 aromatic heterocycles. The van der Waals surface area contributed by atoms with Crippen LogP contribution in [0.2, 0.25) is 0 Å². The number of carbonyl (C=O) groups is 4. The standard InChI is InChI=1S/C27H39N3O6S/c1-7-18-10-9-11-19(15-18)23(24(32)28-13-12-22(31)35-8-2)30(21-14-17(21)3)25(33)20(16-37)29-26(34)36-27(4,5)6/h7,9-11,15,17,20-21,23,37H,1,8,12-14,16H2,2-6H3,(H,28,32)(H,29,34). The van der Waals surface area contributed by atoms with E-state index in [0.717, 1.165) is 5.56 Å². The van der Waals surface area contributed by atoms with Crippen LogP contribution in [0.1, 0.15) is 64.6 Å². The molecule has 1 aliphatic rings. The maximum Gasteiger partial charge on any atom is 0.408 e. The van der Waals surface area contributed by atoms with Gasteiger partial charge < -0.3 is 25.0 Å². The quantitative estimate of drug-likeness (QED) is 0.280. The first-order valence-corrected chi connectivity index (χ1v) is 13.1. The van der Waals surface area contributed by atoms with Gasteiger partial charge in [0.2, 0.25) is 11.8 Å². The predicted molar refractivity (Wildman–Crippen MR) is 145 cm³/mol. The molecule has 2 rings (SSSR count). The molecule has 2 N–H and O–H groups in total. The molecule has 0 saturated heterocycles. The van der Waals surface area contributed by atoms with Gasteiger partial charge in [-0.2, -0.15) is 12.6 Å². The number of rotatable bonds is 12. The Balaban J connectivity index is 2.39. The van der Waals surface area contributed by atoms with Gasteiger partial charge in [-0.05, 0) is 57.2 Å². The van der Waals surface area contributed by atoms with E-state index < -0.39 is 41.6 Å². The summed E-state index contributed by atoms with van der Waals surface area (Å²) in [5.74, 6) is -1.12. The smallest absolute Gasteiger partial charge is 0.408 e. The van der Waals surface area contributed by atoms with E-state index in [2.05, 4.69) is 29.8 Å². The number of esters is 1. The molecule has 0 spiro atoms. The Hall–Kier alpha value is -3.01. The second-order valence-corrected chi connectivity index (χ2v) is 10.4. The monoisotopic (exact) mass is 533 g/mol. The summed E-state index contributed by atoms with van der Waals surface area (Å²) in [6.45, 7) is 13.0. The van der Waals surface area contributed by atoms with Crippen molar-refractivity contribution in [3.05, 3.63) is 42.0 Å². The van der Waals surface area contributed by atoms with Gasteiger partial charge in [0.05, 0.1) is 13.0 Å². The maximum absolute atomic E-state index is 13.9. The molecule has 9 nitrogen and oxygen atoms in total. The Morgan fingerprint density at radius 2 is 1.95 bits per heavy atom. The molecule has 10 heteroatoms. The zero-order chi connectivity index (χ0) is 27.8. The highest BCUT2D eigenvalue weighted by Gasteiger charge is 2.48. The second-order valence-electron chi connectivity index (χ2n) is 10.0. The van der Waals surface area contributed by atoms with Crippen LogP contribution in [-0.4, -0.2) is 65.4 Å². The summed E-state index contributed by atoms with van der Waals surface area (Å²) in [5.41, 5.74) is 0.634. The molecule has 1 saturated carbocycles. The molecule has 1 aliphatic carbocycles. The topological polar surface area (TPSA) is 114 Å². The number of alkyl carbamates (subject to hydrolysis) is 1. The molecule has 4 unspecified atom stereocenters. The van der Waals surface area contributed by atoms with Gasteiger partial charge in [0.25, 0.3) is 0 Å². The third-order valence-corrected chi connectivity index (χ3v) is 6.14. The first-order chi connectivity index (χ1) is 17.4. The van der Waals surface area contributed by atoms with Gasteiger partial charge in [-0.25, -0.2) is 4.79 Å². The highest BCUT2D eigenvalue weighted by Crippen LogP contribution is 2.41. The molecule has 1 aromatic rings. The lowest BCUT2D eigenvalue weighted by atomic mass is 10.00. The fourth-order valence-corrected chi connectivity index (χ4v) is 4.15. The van der Waals surface area contributed by atoms with Crippen LogP contribution in [-0.2, 0) is 23.9 Å². The number of thiol groups is 1. The van der Waals surface area contributed by atoms with E-state index in [-0.39, 0.29) is 37.3 Å². The number of ether oxygens (including phenoxy) is 2. The summed E-state index contributed by atoms with van der Waals surface area (Å²) in [6, 6.07) is 5.00. The molecule has 1 aromatic carbocycles. The molecule has 1 fully saturated rings. The van der Waals surface area contributed by atoms with E-state index in [1.165, 1.54) is 4.90 Å². The molecule has 0 heterocycles. The molecule has 0 bridgehead atoms. The van der Waals surface area contributed by atoms with E-state index in [1.807, 2.05) is 13.0 Å². The maximum atomic E-state index is 13.9. The van der Waals surface area contributed by atoms with Crippen molar-refractivity contribution in [3.63, 3.8) is 0 Å². The average Bonchev–Trinajstić information content (AvgIpc) is 3.55. The summed E-state index contributed by atoms with van der Waals surface area (Å²) < 4.78 is 10.3. The van der Waals surface area contributed by atoms with Crippen LogP contribution in [0.15, 0.2) is 30.8 Å². The summed E-state index contributed by atoms with van der Waals surface area (Å²) in [4.78, 5) is 53.2. The van der Waals surface area contributed by atoms with Gasteiger partial charge in [-0.1, -0.05) is 37.8 Å². The lowest BCUT2D eigenvalue weighted by Gasteiger charge is -2.35. The average molecular weight is 534 g/mol. The van der Waals surface area contributed by atoms with Crippen molar-refractivity contribution in [2.75, 3.05) is 18.9 Å². The third-order valence-electron chi connectivity index (χ3n) is 5.77. The number of carbonyl (C=O) groups excluding carboxylic acids is 4. The SMILES string of the molecule is C=Cc1cccc(C(C(=O)NCCC(=O)OCC)N(C(=O)C(CS)NC(=O)OC(C)(C)C)C2CC2C)c1. The predicted octanol–water partition coefficient (Wildman–Crippen LogP) is 3.50. The zero-order valence-electron chi connectivity index (χ0n) is 22.3. The van der Waals surface area contributed by atoms with Crippen LogP contribution in [0.5, 0.6) is 0 Å². The molecular weight excluding hydrogens is 494 g/mol. The molecule has 0 aliphatic heterocycles. The fraction of sp³-hybridized carbons (Fsp3) is 0.556. The zero-order valence-corrected chi connectivity index (χ0v) is 23.2. The van der Waals surface area contributed by atoms with Crippen LogP contribution in [0.25, 0.3) is 6.08 Å². The van der Waals surface area contributed by atoms with Gasteiger partial charge in [0.15, 0.2) is 0 Å². The van der Waals surface area contributed by atoms with Crippen molar-refractivity contribution < 1.29 is 28.7 Å².